The summed E-state index contributed by atoms with van der Waals surface area (Å²) in [6.07, 6.45) is 4.05. The van der Waals surface area contributed by atoms with E-state index >= 15 is 0 Å². The van der Waals surface area contributed by atoms with Gasteiger partial charge in [-0.25, -0.2) is 13.8 Å². The Bertz CT molecular complexity index is 1360. The van der Waals surface area contributed by atoms with E-state index in [1.54, 1.807) is 54.6 Å². The summed E-state index contributed by atoms with van der Waals surface area (Å²) in [4.78, 5) is 12.5. The molecule has 0 fully saturated rings. The van der Waals surface area contributed by atoms with Gasteiger partial charge < -0.3 is 14.2 Å². The van der Waals surface area contributed by atoms with E-state index in [-0.39, 0.29) is 0 Å². The second-order valence-electron chi connectivity index (χ2n) is 7.61. The second-order valence-corrected chi connectivity index (χ2v) is 10.4. The van der Waals surface area contributed by atoms with Crippen molar-refractivity contribution >= 4 is 43.8 Å². The van der Waals surface area contributed by atoms with Crippen LogP contribution in [0.2, 0.25) is 0 Å². The third-order valence-electron chi connectivity index (χ3n) is 4.79. The number of nitrogens with zero attached hydrogens (tertiary/aromatic N) is 2. The van der Waals surface area contributed by atoms with Gasteiger partial charge in [-0.3, -0.25) is 9.10 Å². The molecule has 0 spiro atoms. The first-order valence-corrected chi connectivity index (χ1v) is 13.6. The van der Waals surface area contributed by atoms with Gasteiger partial charge in [0.2, 0.25) is 10.0 Å². The van der Waals surface area contributed by atoms with E-state index in [0.29, 0.717) is 45.3 Å². The highest BCUT2D eigenvalue weighted by atomic mass is 79.9. The van der Waals surface area contributed by atoms with Crippen LogP contribution in [0.4, 0.5) is 5.69 Å². The van der Waals surface area contributed by atoms with E-state index in [2.05, 4.69) is 33.0 Å². The molecule has 0 aliphatic carbocycles. The molecule has 3 rings (SSSR count). The number of ether oxygens (including phenoxy) is 3. The maximum atomic E-state index is 12.5. The highest BCUT2D eigenvalue weighted by Gasteiger charge is 2.21. The Morgan fingerprint density at radius 1 is 1.11 bits per heavy atom. The second kappa shape index (κ2) is 12.9. The quantitative estimate of drug-likeness (QED) is 0.186. The van der Waals surface area contributed by atoms with Crippen LogP contribution in [0.1, 0.15) is 5.56 Å². The Hall–Kier alpha value is -3.83. The first-order chi connectivity index (χ1) is 17.7. The van der Waals surface area contributed by atoms with Crippen molar-refractivity contribution in [3.8, 4) is 23.0 Å². The molecule has 3 aromatic rings. The van der Waals surface area contributed by atoms with Gasteiger partial charge in [0.05, 0.1) is 29.7 Å². The summed E-state index contributed by atoms with van der Waals surface area (Å²) >= 11 is 3.42. The third kappa shape index (κ3) is 8.09. The summed E-state index contributed by atoms with van der Waals surface area (Å²) in [7, 11) is -2.25. The van der Waals surface area contributed by atoms with E-state index in [0.717, 1.165) is 10.6 Å². The van der Waals surface area contributed by atoms with Gasteiger partial charge >= 0.3 is 0 Å². The zero-order valence-corrected chi connectivity index (χ0v) is 22.7. The molecule has 0 aromatic heterocycles. The van der Waals surface area contributed by atoms with Crippen LogP contribution in [-0.2, 0) is 14.8 Å². The third-order valence-corrected chi connectivity index (χ3v) is 6.52. The monoisotopic (exact) mass is 587 g/mol. The highest BCUT2D eigenvalue weighted by Crippen LogP contribution is 2.36. The minimum Gasteiger partial charge on any atom is -0.493 e. The van der Waals surface area contributed by atoms with E-state index in [9.17, 15) is 13.2 Å². The molecule has 0 heterocycles. The molecule has 0 radical (unpaired) electrons. The van der Waals surface area contributed by atoms with Crippen LogP contribution < -0.4 is 23.9 Å². The van der Waals surface area contributed by atoms with Gasteiger partial charge in [-0.2, -0.15) is 5.10 Å². The number of para-hydroxylation sites is 1. The fourth-order valence-electron chi connectivity index (χ4n) is 3.15. The van der Waals surface area contributed by atoms with Crippen LogP contribution in [0.25, 0.3) is 0 Å². The van der Waals surface area contributed by atoms with Crippen LogP contribution in [0, 0.1) is 0 Å². The molecule has 0 atom stereocenters. The summed E-state index contributed by atoms with van der Waals surface area (Å²) in [5.74, 6) is 1.53. The highest BCUT2D eigenvalue weighted by molar-refractivity contribution is 9.10. The number of benzene rings is 3. The molecule has 0 saturated carbocycles. The van der Waals surface area contributed by atoms with Gasteiger partial charge in [-0.1, -0.05) is 30.9 Å². The lowest BCUT2D eigenvalue weighted by molar-refractivity contribution is -0.119. The standard InChI is InChI=1S/C26H26BrN3O6S/c1-4-14-35-26-23(27)15-19(16-24(26)34-2)17-28-29-25(31)18-30(37(3,32)33)20-10-12-22(13-11-20)36-21-8-6-5-7-9-21/h4-13,15-17H,1,14,18H2,2-3H3,(H,29,31)/b28-17-. The fourth-order valence-corrected chi connectivity index (χ4v) is 4.58. The van der Waals surface area contributed by atoms with Crippen molar-refractivity contribution in [1.82, 2.24) is 5.43 Å². The number of anilines is 1. The lowest BCUT2D eigenvalue weighted by Crippen LogP contribution is -2.39. The Labute approximate surface area is 224 Å². The predicted molar refractivity (Wildman–Crippen MR) is 147 cm³/mol. The molecule has 0 aliphatic heterocycles. The number of hydrogen-bond acceptors (Lipinski definition) is 7. The summed E-state index contributed by atoms with van der Waals surface area (Å²) in [5, 5.41) is 3.94. The maximum absolute atomic E-state index is 12.5. The summed E-state index contributed by atoms with van der Waals surface area (Å²) < 4.78 is 43.1. The van der Waals surface area contributed by atoms with Crippen LogP contribution in [0.15, 0.2) is 89.0 Å². The average molecular weight is 588 g/mol. The smallest absolute Gasteiger partial charge is 0.260 e. The van der Waals surface area contributed by atoms with Gasteiger partial charge in [-0.05, 0) is 70.0 Å². The van der Waals surface area contributed by atoms with Gasteiger partial charge in [0.15, 0.2) is 11.5 Å². The zero-order chi connectivity index (χ0) is 26.8. The van der Waals surface area contributed by atoms with Gasteiger partial charge in [0.25, 0.3) is 5.91 Å². The number of halogens is 1. The Kier molecular flexibility index (Phi) is 9.70. The van der Waals surface area contributed by atoms with Gasteiger partial charge in [0.1, 0.15) is 24.7 Å². The molecular formula is C26H26BrN3O6S. The van der Waals surface area contributed by atoms with Gasteiger partial charge in [0, 0.05) is 0 Å². The molecule has 0 saturated heterocycles. The van der Waals surface area contributed by atoms with Crippen molar-refractivity contribution < 1.29 is 27.4 Å². The number of nitrogens with one attached hydrogen (secondary N) is 1. The normalized spacial score (nSPS) is 11.1. The number of carbonyl (C=O) groups is 1. The van der Waals surface area contributed by atoms with E-state index in [1.807, 2.05) is 18.2 Å². The molecule has 11 heteroatoms. The van der Waals surface area contributed by atoms with Crippen molar-refractivity contribution in [1.29, 1.82) is 0 Å². The largest absolute Gasteiger partial charge is 0.493 e. The maximum Gasteiger partial charge on any atom is 0.260 e. The molecule has 194 valence electrons. The molecular weight excluding hydrogens is 562 g/mol. The number of amides is 1. The molecule has 3 aromatic carbocycles. The van der Waals surface area contributed by atoms with Crippen LogP contribution in [0.5, 0.6) is 23.0 Å². The topological polar surface area (TPSA) is 107 Å². The lowest BCUT2D eigenvalue weighted by atomic mass is 10.2. The number of hydrogen-bond donors (Lipinski definition) is 1. The average Bonchev–Trinajstić information content (AvgIpc) is 2.87. The Morgan fingerprint density at radius 2 is 1.78 bits per heavy atom. The van der Waals surface area contributed by atoms with Crippen molar-refractivity contribution in [3.05, 3.63) is 89.4 Å². The number of rotatable bonds is 12. The number of carbonyl (C=O) groups excluding carboxylic acids is 1. The van der Waals surface area contributed by atoms with Gasteiger partial charge in [-0.15, -0.1) is 0 Å². The molecule has 9 nitrogen and oxygen atoms in total. The van der Waals surface area contributed by atoms with Crippen molar-refractivity contribution in [2.45, 2.75) is 0 Å². The van der Waals surface area contributed by atoms with Crippen LogP contribution >= 0.6 is 15.9 Å². The lowest BCUT2D eigenvalue weighted by Gasteiger charge is -2.21. The molecule has 1 amide bonds. The first kappa shape index (κ1) is 27.8. The summed E-state index contributed by atoms with van der Waals surface area (Å²) in [6, 6.07) is 19.0. The molecule has 0 unspecified atom stereocenters. The fraction of sp³-hybridized carbons (Fsp3) is 0.154. The van der Waals surface area contributed by atoms with E-state index < -0.39 is 22.5 Å². The first-order valence-electron chi connectivity index (χ1n) is 10.9. The van der Waals surface area contributed by atoms with Crippen molar-refractivity contribution in [2.24, 2.45) is 5.10 Å². The Morgan fingerprint density at radius 3 is 2.41 bits per heavy atom. The summed E-state index contributed by atoms with van der Waals surface area (Å²) in [6.45, 7) is 3.46. The molecule has 0 aliphatic rings. The predicted octanol–water partition coefficient (Wildman–Crippen LogP) is 4.73. The minimum atomic E-state index is -3.75. The van der Waals surface area contributed by atoms with Crippen LogP contribution in [0.3, 0.4) is 0 Å². The molecule has 1 N–H and O–H groups in total. The number of hydrazone groups is 1. The zero-order valence-electron chi connectivity index (χ0n) is 20.3. The van der Waals surface area contributed by atoms with Crippen molar-refractivity contribution in [3.63, 3.8) is 0 Å². The molecule has 37 heavy (non-hydrogen) atoms. The number of sulfonamides is 1. The van der Waals surface area contributed by atoms with E-state index in [4.69, 9.17) is 14.2 Å². The van der Waals surface area contributed by atoms with Crippen molar-refractivity contribution in [2.75, 3.05) is 30.8 Å². The van der Waals surface area contributed by atoms with E-state index in [1.165, 1.54) is 13.3 Å². The van der Waals surface area contributed by atoms with Crippen LogP contribution in [-0.4, -0.2) is 47.1 Å². The SMILES string of the molecule is C=CCOc1c(Br)cc(/C=N\NC(=O)CN(c2ccc(Oc3ccccc3)cc2)S(C)(=O)=O)cc1OC. The summed E-state index contributed by atoms with van der Waals surface area (Å²) in [5.41, 5.74) is 3.28. The molecule has 0 bridgehead atoms. The minimum absolute atomic E-state index is 0.304. The Balaban J connectivity index is 1.67. The number of methoxy groups -OCH3 is 1.